The van der Waals surface area contributed by atoms with Gasteiger partial charge in [-0.25, -0.2) is 4.79 Å². The molecule has 3 nitrogen and oxygen atoms in total. The first kappa shape index (κ1) is 17.5. The second-order valence-corrected chi connectivity index (χ2v) is 11.4. The van der Waals surface area contributed by atoms with Gasteiger partial charge in [-0.15, -0.1) is 0 Å². The summed E-state index contributed by atoms with van der Waals surface area (Å²) in [5.74, 6) is 0.583. The Hall–Kier alpha value is -1.81. The minimum Gasteiger partial charge on any atom is -0.410 e. The molecule has 0 radical (unpaired) electrons. The molecule has 4 heteroatoms. The molecular weight excluding hydrogens is 302 g/mol. The molecule has 1 atom stereocenters. The van der Waals surface area contributed by atoms with Crippen molar-refractivity contribution in [1.29, 1.82) is 0 Å². The van der Waals surface area contributed by atoms with Gasteiger partial charge in [0.15, 0.2) is 0 Å². The molecule has 0 aliphatic carbocycles. The van der Waals surface area contributed by atoms with E-state index in [1.54, 1.807) is 17.0 Å². The van der Waals surface area contributed by atoms with Crippen molar-refractivity contribution in [3.05, 3.63) is 53.9 Å². The smallest absolute Gasteiger partial charge is 0.410 e. The molecule has 1 amide bonds. The number of benzene rings is 1. The third kappa shape index (κ3) is 3.75. The van der Waals surface area contributed by atoms with Crippen LogP contribution < -0.4 is 4.74 Å². The van der Waals surface area contributed by atoms with E-state index in [9.17, 15) is 4.79 Å². The first-order valence-electron chi connectivity index (χ1n) is 8.52. The normalized spacial score (nSPS) is 17.8. The van der Waals surface area contributed by atoms with Gasteiger partial charge in [0.1, 0.15) is 5.75 Å². The van der Waals surface area contributed by atoms with Crippen molar-refractivity contribution in [3.8, 4) is 5.75 Å². The number of carbonyl (C=O) groups is 1. The van der Waals surface area contributed by atoms with Crippen LogP contribution in [-0.2, 0) is 0 Å². The lowest BCUT2D eigenvalue weighted by molar-refractivity contribution is 0.163. The van der Waals surface area contributed by atoms with E-state index in [1.807, 2.05) is 31.3 Å². The van der Waals surface area contributed by atoms with Crippen LogP contribution in [0.3, 0.4) is 0 Å². The standard InChI is InChI=1S/C19H27NO2Si/c1-5-23(6-2,7-3)18-14-13-16(4)20(15-18)19(21)22-17-11-9-8-10-12-17/h8-16H,5-7H2,1-4H3. The minimum absolute atomic E-state index is 0.0206. The fraction of sp³-hybridized carbons (Fsp3) is 0.421. The number of para-hydroxylation sites is 1. The van der Waals surface area contributed by atoms with Gasteiger partial charge in [-0.2, -0.15) is 0 Å². The maximum absolute atomic E-state index is 12.6. The lowest BCUT2D eigenvalue weighted by atomic mass is 10.2. The highest BCUT2D eigenvalue weighted by Crippen LogP contribution is 2.32. The van der Waals surface area contributed by atoms with Gasteiger partial charge in [-0.3, -0.25) is 4.90 Å². The van der Waals surface area contributed by atoms with Gasteiger partial charge >= 0.3 is 6.09 Å². The molecule has 0 fully saturated rings. The lowest BCUT2D eigenvalue weighted by Gasteiger charge is -2.35. The monoisotopic (exact) mass is 329 g/mol. The van der Waals surface area contributed by atoms with Gasteiger partial charge in [-0.1, -0.05) is 69.3 Å². The molecule has 0 aromatic heterocycles. The molecule has 0 spiro atoms. The molecule has 1 aromatic rings. The molecular formula is C19H27NO2Si. The molecule has 2 rings (SSSR count). The molecule has 1 aromatic carbocycles. The zero-order valence-corrected chi connectivity index (χ0v) is 15.6. The summed E-state index contributed by atoms with van der Waals surface area (Å²) in [6.45, 7) is 8.85. The first-order chi connectivity index (χ1) is 11.1. The van der Waals surface area contributed by atoms with Crippen molar-refractivity contribution in [3.63, 3.8) is 0 Å². The van der Waals surface area contributed by atoms with Gasteiger partial charge in [0, 0.05) is 6.20 Å². The Balaban J connectivity index is 2.23. The van der Waals surface area contributed by atoms with Gasteiger partial charge in [0.2, 0.25) is 0 Å². The minimum atomic E-state index is -1.50. The fourth-order valence-electron chi connectivity index (χ4n) is 3.18. The van der Waals surface area contributed by atoms with Crippen LogP contribution in [-0.4, -0.2) is 25.1 Å². The maximum atomic E-state index is 12.6. The van der Waals surface area contributed by atoms with Crippen molar-refractivity contribution in [2.45, 2.75) is 51.9 Å². The van der Waals surface area contributed by atoms with E-state index in [4.69, 9.17) is 4.74 Å². The molecule has 0 N–H and O–H groups in total. The summed E-state index contributed by atoms with van der Waals surface area (Å²) in [5.41, 5.74) is 0. The van der Waals surface area contributed by atoms with Gasteiger partial charge in [0.25, 0.3) is 0 Å². The van der Waals surface area contributed by atoms with Crippen LogP contribution in [0.1, 0.15) is 27.7 Å². The molecule has 23 heavy (non-hydrogen) atoms. The SMILES string of the molecule is CC[Si](CC)(CC)C1=CN(C(=O)Oc2ccccc2)C(C)C=C1. The highest BCUT2D eigenvalue weighted by molar-refractivity contribution is 6.87. The average Bonchev–Trinajstić information content (AvgIpc) is 2.59. The van der Waals surface area contributed by atoms with Gasteiger partial charge < -0.3 is 4.74 Å². The predicted molar refractivity (Wildman–Crippen MR) is 98.2 cm³/mol. The fourth-order valence-corrected chi connectivity index (χ4v) is 6.77. The molecule has 1 heterocycles. The molecule has 1 aliphatic heterocycles. The number of ether oxygens (including phenoxy) is 1. The first-order valence-corrected chi connectivity index (χ1v) is 11.1. The van der Waals surface area contributed by atoms with Crippen molar-refractivity contribution < 1.29 is 9.53 Å². The zero-order valence-electron chi connectivity index (χ0n) is 14.6. The topological polar surface area (TPSA) is 29.5 Å². The largest absolute Gasteiger partial charge is 0.419 e. The number of hydrogen-bond donors (Lipinski definition) is 0. The van der Waals surface area contributed by atoms with Crippen LogP contribution in [0.4, 0.5) is 4.79 Å². The summed E-state index contributed by atoms with van der Waals surface area (Å²) in [6.07, 6.45) is 6.08. The zero-order chi connectivity index (χ0) is 16.9. The van der Waals surface area contributed by atoms with Crippen LogP contribution in [0, 0.1) is 0 Å². The Morgan fingerprint density at radius 3 is 2.30 bits per heavy atom. The molecule has 124 valence electrons. The number of amides is 1. The number of nitrogens with zero attached hydrogens (tertiary/aromatic N) is 1. The summed E-state index contributed by atoms with van der Waals surface area (Å²) >= 11 is 0. The Morgan fingerprint density at radius 2 is 1.74 bits per heavy atom. The van der Waals surface area contributed by atoms with Crippen LogP contribution in [0.15, 0.2) is 53.9 Å². The molecule has 0 saturated heterocycles. The van der Waals surface area contributed by atoms with Crippen molar-refractivity contribution >= 4 is 14.2 Å². The third-order valence-electron chi connectivity index (χ3n) is 5.07. The Morgan fingerprint density at radius 1 is 1.13 bits per heavy atom. The summed E-state index contributed by atoms with van der Waals surface area (Å²) < 4.78 is 5.51. The second kappa shape index (κ2) is 7.64. The number of hydrogen-bond acceptors (Lipinski definition) is 2. The van der Waals surface area contributed by atoms with E-state index in [0.717, 1.165) is 0 Å². The van der Waals surface area contributed by atoms with Crippen molar-refractivity contribution in [1.82, 2.24) is 4.90 Å². The summed E-state index contributed by atoms with van der Waals surface area (Å²) in [5, 5.41) is 1.35. The van der Waals surface area contributed by atoms with Crippen LogP contribution >= 0.6 is 0 Å². The summed E-state index contributed by atoms with van der Waals surface area (Å²) in [6, 6.07) is 12.9. The Bertz CT molecular complexity index is 582. The van der Waals surface area contributed by atoms with Crippen LogP contribution in [0.2, 0.25) is 18.1 Å². The lowest BCUT2D eigenvalue weighted by Crippen LogP contribution is -2.42. The van der Waals surface area contributed by atoms with Crippen LogP contribution in [0.5, 0.6) is 5.75 Å². The predicted octanol–water partition coefficient (Wildman–Crippen LogP) is 5.38. The van der Waals surface area contributed by atoms with Crippen molar-refractivity contribution in [2.75, 3.05) is 0 Å². The Labute approximate surface area is 140 Å². The molecule has 1 unspecified atom stereocenters. The van der Waals surface area contributed by atoms with Crippen LogP contribution in [0.25, 0.3) is 0 Å². The Kier molecular flexibility index (Phi) is 5.83. The molecule has 1 aliphatic rings. The highest BCUT2D eigenvalue weighted by Gasteiger charge is 2.33. The van der Waals surface area contributed by atoms with E-state index in [-0.39, 0.29) is 12.1 Å². The van der Waals surface area contributed by atoms with Gasteiger partial charge in [0.05, 0.1) is 14.1 Å². The van der Waals surface area contributed by atoms with E-state index >= 15 is 0 Å². The van der Waals surface area contributed by atoms with E-state index < -0.39 is 8.07 Å². The number of carbonyl (C=O) groups excluding carboxylic acids is 1. The molecule has 0 bridgehead atoms. The number of allylic oxidation sites excluding steroid dienone is 2. The maximum Gasteiger partial charge on any atom is 0.419 e. The summed E-state index contributed by atoms with van der Waals surface area (Å²) in [4.78, 5) is 14.3. The van der Waals surface area contributed by atoms with E-state index in [1.165, 1.54) is 23.3 Å². The van der Waals surface area contributed by atoms with E-state index in [2.05, 4.69) is 32.9 Å². The van der Waals surface area contributed by atoms with Gasteiger partial charge in [-0.05, 0) is 24.3 Å². The summed E-state index contributed by atoms with van der Waals surface area (Å²) in [7, 11) is -1.50. The van der Waals surface area contributed by atoms with Crippen molar-refractivity contribution in [2.24, 2.45) is 0 Å². The quantitative estimate of drug-likeness (QED) is 0.679. The highest BCUT2D eigenvalue weighted by atomic mass is 28.3. The second-order valence-electron chi connectivity index (χ2n) is 6.11. The number of rotatable bonds is 5. The molecule has 0 saturated carbocycles. The average molecular weight is 330 g/mol. The van der Waals surface area contributed by atoms with E-state index in [0.29, 0.717) is 5.75 Å². The third-order valence-corrected chi connectivity index (χ3v) is 10.7.